The molecule has 0 bridgehead atoms. The van der Waals surface area contributed by atoms with Gasteiger partial charge < -0.3 is 18.8 Å². The smallest absolute Gasteiger partial charge is 0.258 e. The second-order valence-corrected chi connectivity index (χ2v) is 9.22. The number of methoxy groups -OCH3 is 1. The van der Waals surface area contributed by atoms with Crippen LogP contribution < -0.4 is 19.0 Å². The van der Waals surface area contributed by atoms with Gasteiger partial charge in [0.25, 0.3) is 5.91 Å². The zero-order chi connectivity index (χ0) is 20.2. The predicted octanol–water partition coefficient (Wildman–Crippen LogP) is 4.02. The number of aryl methyl sites for hydroxylation is 1. The fourth-order valence-electron chi connectivity index (χ4n) is 2.90. The van der Waals surface area contributed by atoms with Gasteiger partial charge in [0.05, 0.1) is 23.1 Å². The second kappa shape index (κ2) is 9.15. The van der Waals surface area contributed by atoms with Crippen LogP contribution in [0.3, 0.4) is 0 Å². The molecule has 0 fully saturated rings. The maximum Gasteiger partial charge on any atom is 0.258 e. The molecule has 1 aliphatic rings. The highest BCUT2D eigenvalue weighted by atomic mass is 32.2. The number of ether oxygens (including phenoxy) is 3. The van der Waals surface area contributed by atoms with Gasteiger partial charge in [-0.05, 0) is 30.5 Å². The van der Waals surface area contributed by atoms with Crippen LogP contribution in [0.2, 0.25) is 0 Å². The van der Waals surface area contributed by atoms with Gasteiger partial charge in [0.15, 0.2) is 16.3 Å². The van der Waals surface area contributed by atoms with Crippen molar-refractivity contribution in [3.8, 4) is 17.2 Å². The highest BCUT2D eigenvalue weighted by Crippen LogP contribution is 2.37. The number of thioether (sulfide) groups is 2. The van der Waals surface area contributed by atoms with Crippen molar-refractivity contribution in [3.63, 3.8) is 0 Å². The molecule has 2 heterocycles. The number of carbonyl (C=O) groups excluding carboxylic acids is 1. The lowest BCUT2D eigenvalue weighted by Crippen LogP contribution is -2.18. The number of thiazole rings is 1. The van der Waals surface area contributed by atoms with Crippen LogP contribution >= 0.6 is 34.9 Å². The van der Waals surface area contributed by atoms with Gasteiger partial charge >= 0.3 is 0 Å². The average molecular weight is 449 g/mol. The third-order valence-corrected chi connectivity index (χ3v) is 6.97. The third-order valence-electron chi connectivity index (χ3n) is 4.34. The van der Waals surface area contributed by atoms with Crippen molar-refractivity contribution in [2.24, 2.45) is 4.99 Å². The highest BCUT2D eigenvalue weighted by molar-refractivity contribution is 8.00. The van der Waals surface area contributed by atoms with E-state index >= 15 is 0 Å². The second-order valence-electron chi connectivity index (χ2n) is 6.17. The summed E-state index contributed by atoms with van der Waals surface area (Å²) < 4.78 is 19.3. The lowest BCUT2D eigenvalue weighted by atomic mass is 10.3. The minimum Gasteiger partial charge on any atom is -0.497 e. The number of hydrogen-bond acceptors (Lipinski definition) is 7. The van der Waals surface area contributed by atoms with E-state index in [4.69, 9.17) is 14.2 Å². The molecule has 152 valence electrons. The van der Waals surface area contributed by atoms with Gasteiger partial charge in [-0.1, -0.05) is 11.3 Å². The minimum absolute atomic E-state index is 0.157. The monoisotopic (exact) mass is 448 g/mol. The van der Waals surface area contributed by atoms with Crippen molar-refractivity contribution in [1.82, 2.24) is 4.57 Å². The van der Waals surface area contributed by atoms with Crippen molar-refractivity contribution in [2.45, 2.75) is 11.4 Å². The van der Waals surface area contributed by atoms with Gasteiger partial charge in [0.1, 0.15) is 5.75 Å². The van der Waals surface area contributed by atoms with Gasteiger partial charge in [-0.15, -0.1) is 11.8 Å². The van der Waals surface area contributed by atoms with Gasteiger partial charge in [0.2, 0.25) is 6.79 Å². The standard InChI is InChI=1S/C20H20N2O4S3/c1-24-13-3-5-14(6-4-13)28-11-19(23)21-20-22(7-8-27-2)15-9-16-17(26-12-25-16)10-18(15)29-20/h3-6,9-10H,7-8,11-12H2,1-2H3. The molecule has 0 spiro atoms. The molecule has 2 aromatic carbocycles. The Morgan fingerprint density at radius 3 is 2.72 bits per heavy atom. The Hall–Kier alpha value is -2.10. The summed E-state index contributed by atoms with van der Waals surface area (Å²) in [6, 6.07) is 11.6. The first kappa shape index (κ1) is 20.2. The first-order valence-electron chi connectivity index (χ1n) is 8.94. The van der Waals surface area contributed by atoms with Gasteiger partial charge in [-0.3, -0.25) is 4.79 Å². The maximum absolute atomic E-state index is 12.5. The SMILES string of the molecule is COc1ccc(SCC(=O)N=c2sc3cc4c(cc3n2CCSC)OCO4)cc1. The Morgan fingerprint density at radius 2 is 2.00 bits per heavy atom. The Balaban J connectivity index is 1.58. The van der Waals surface area contributed by atoms with E-state index in [1.807, 2.05) is 36.4 Å². The van der Waals surface area contributed by atoms with E-state index in [0.29, 0.717) is 4.80 Å². The van der Waals surface area contributed by atoms with E-state index in [9.17, 15) is 4.79 Å². The third kappa shape index (κ3) is 4.57. The highest BCUT2D eigenvalue weighted by Gasteiger charge is 2.18. The molecule has 1 amide bonds. The Morgan fingerprint density at radius 1 is 1.24 bits per heavy atom. The molecule has 0 N–H and O–H groups in total. The van der Waals surface area contributed by atoms with Crippen molar-refractivity contribution >= 4 is 51.0 Å². The summed E-state index contributed by atoms with van der Waals surface area (Å²) in [5.74, 6) is 3.33. The van der Waals surface area contributed by atoms with Crippen molar-refractivity contribution in [2.75, 3.05) is 31.7 Å². The summed E-state index contributed by atoms with van der Waals surface area (Å²) >= 11 is 4.73. The van der Waals surface area contributed by atoms with E-state index in [2.05, 4.69) is 15.8 Å². The van der Waals surface area contributed by atoms with E-state index in [1.165, 1.54) is 23.1 Å². The molecule has 29 heavy (non-hydrogen) atoms. The van der Waals surface area contributed by atoms with Crippen LogP contribution in [0.4, 0.5) is 0 Å². The molecule has 0 unspecified atom stereocenters. The van der Waals surface area contributed by atoms with Gasteiger partial charge in [0, 0.05) is 29.3 Å². The minimum atomic E-state index is -0.157. The zero-order valence-corrected chi connectivity index (χ0v) is 18.5. The normalized spacial score (nSPS) is 13.2. The Bertz CT molecular complexity index is 1090. The number of carbonyl (C=O) groups is 1. The Labute approximate surface area is 180 Å². The van der Waals surface area contributed by atoms with E-state index in [0.717, 1.165) is 44.7 Å². The first-order valence-corrected chi connectivity index (χ1v) is 12.1. The molecule has 1 aromatic heterocycles. The molecule has 0 radical (unpaired) electrons. The predicted molar refractivity (Wildman–Crippen MR) is 119 cm³/mol. The summed E-state index contributed by atoms with van der Waals surface area (Å²) in [6.45, 7) is 1.02. The number of aromatic nitrogens is 1. The van der Waals surface area contributed by atoms with Crippen LogP contribution in [0, 0.1) is 0 Å². The van der Waals surface area contributed by atoms with Crippen LogP contribution in [0.1, 0.15) is 0 Å². The number of benzene rings is 2. The molecule has 4 rings (SSSR count). The van der Waals surface area contributed by atoms with Crippen LogP contribution in [-0.2, 0) is 11.3 Å². The Kier molecular flexibility index (Phi) is 6.37. The zero-order valence-electron chi connectivity index (χ0n) is 16.0. The summed E-state index contributed by atoms with van der Waals surface area (Å²) in [4.78, 5) is 18.7. The molecular weight excluding hydrogens is 428 g/mol. The molecule has 0 saturated carbocycles. The number of amides is 1. The number of rotatable bonds is 7. The molecule has 9 heteroatoms. The lowest BCUT2D eigenvalue weighted by Gasteiger charge is -2.05. The van der Waals surface area contributed by atoms with Crippen molar-refractivity contribution < 1.29 is 19.0 Å². The fraction of sp³-hybridized carbons (Fsp3) is 0.300. The number of fused-ring (bicyclic) bond motifs is 2. The van der Waals surface area contributed by atoms with Crippen LogP contribution in [-0.4, -0.2) is 42.1 Å². The quantitative estimate of drug-likeness (QED) is 0.509. The number of hydrogen-bond donors (Lipinski definition) is 0. The van der Waals surface area contributed by atoms with Crippen molar-refractivity contribution in [1.29, 1.82) is 0 Å². The maximum atomic E-state index is 12.5. The van der Waals surface area contributed by atoms with Crippen LogP contribution in [0.25, 0.3) is 10.2 Å². The first-order chi connectivity index (χ1) is 14.2. The van der Waals surface area contributed by atoms with E-state index < -0.39 is 0 Å². The topological polar surface area (TPSA) is 62.0 Å². The van der Waals surface area contributed by atoms with Gasteiger partial charge in [-0.2, -0.15) is 16.8 Å². The molecule has 3 aromatic rings. The van der Waals surface area contributed by atoms with Crippen LogP contribution in [0.5, 0.6) is 17.2 Å². The lowest BCUT2D eigenvalue weighted by molar-refractivity contribution is -0.115. The molecular formula is C20H20N2O4S3. The average Bonchev–Trinajstić information content (AvgIpc) is 3.32. The summed E-state index contributed by atoms with van der Waals surface area (Å²) in [5.41, 5.74) is 1.02. The van der Waals surface area contributed by atoms with E-state index in [-0.39, 0.29) is 18.5 Å². The molecule has 1 aliphatic heterocycles. The fourth-order valence-corrected chi connectivity index (χ4v) is 5.03. The molecule has 0 saturated heterocycles. The molecule has 0 atom stereocenters. The molecule has 6 nitrogen and oxygen atoms in total. The van der Waals surface area contributed by atoms with Gasteiger partial charge in [-0.25, -0.2) is 0 Å². The summed E-state index contributed by atoms with van der Waals surface area (Å²) in [7, 11) is 1.63. The van der Waals surface area contributed by atoms with E-state index in [1.54, 1.807) is 18.9 Å². The molecule has 0 aliphatic carbocycles. The number of nitrogens with zero attached hydrogens (tertiary/aromatic N) is 2. The summed E-state index contributed by atoms with van der Waals surface area (Å²) in [5, 5.41) is 0. The largest absolute Gasteiger partial charge is 0.497 e. The van der Waals surface area contributed by atoms with Crippen LogP contribution in [0.15, 0.2) is 46.3 Å². The van der Waals surface area contributed by atoms with Crippen molar-refractivity contribution in [3.05, 3.63) is 41.2 Å². The summed E-state index contributed by atoms with van der Waals surface area (Å²) in [6.07, 6.45) is 2.07.